The number of hydrogen-bond acceptors (Lipinski definition) is 4. The summed E-state index contributed by atoms with van der Waals surface area (Å²) >= 11 is 0. The first-order valence-corrected chi connectivity index (χ1v) is 11.0. The molecule has 5 rings (SSSR count). The van der Waals surface area contributed by atoms with Crippen LogP contribution in [0.3, 0.4) is 0 Å². The van der Waals surface area contributed by atoms with Gasteiger partial charge in [0.25, 0.3) is 5.91 Å². The Morgan fingerprint density at radius 3 is 2.10 bits per heavy atom. The van der Waals surface area contributed by atoms with Gasteiger partial charge in [0.2, 0.25) is 0 Å². The number of carbonyl (C=O) groups excluding carboxylic acids is 2. The lowest BCUT2D eigenvalue weighted by Gasteiger charge is -2.59. The zero-order valence-electron chi connectivity index (χ0n) is 17.8. The van der Waals surface area contributed by atoms with Crippen molar-refractivity contribution in [3.63, 3.8) is 0 Å². The summed E-state index contributed by atoms with van der Waals surface area (Å²) in [6, 6.07) is 5.93. The van der Waals surface area contributed by atoms with Crippen LogP contribution < -0.4 is 10.1 Å². The molecule has 1 N–H and O–H groups in total. The Labute approximate surface area is 173 Å². The molecule has 1 aromatic rings. The van der Waals surface area contributed by atoms with Gasteiger partial charge in [0.15, 0.2) is 13.2 Å². The van der Waals surface area contributed by atoms with Gasteiger partial charge in [-0.15, -0.1) is 0 Å². The molecule has 0 aromatic heterocycles. The number of hydrogen-bond donors (Lipinski definition) is 1. The summed E-state index contributed by atoms with van der Waals surface area (Å²) in [5.74, 6) is 2.44. The van der Waals surface area contributed by atoms with Crippen LogP contribution in [0.2, 0.25) is 0 Å². The zero-order valence-corrected chi connectivity index (χ0v) is 17.8. The van der Waals surface area contributed by atoms with Crippen molar-refractivity contribution in [1.82, 2.24) is 5.32 Å². The lowest BCUT2D eigenvalue weighted by atomic mass is 9.48. The molecular formula is C24H33NO4. The number of carbonyl (C=O) groups is 2. The second kappa shape index (κ2) is 8.00. The molecule has 29 heavy (non-hydrogen) atoms. The molecule has 0 heterocycles. The van der Waals surface area contributed by atoms with E-state index in [4.69, 9.17) is 9.47 Å². The van der Waals surface area contributed by atoms with Crippen LogP contribution >= 0.6 is 0 Å². The summed E-state index contributed by atoms with van der Waals surface area (Å²) in [6.45, 7) is 5.66. The van der Waals surface area contributed by atoms with Gasteiger partial charge >= 0.3 is 5.97 Å². The third kappa shape index (κ3) is 4.59. The molecule has 0 radical (unpaired) electrons. The molecule has 0 aliphatic heterocycles. The molecule has 5 heteroatoms. The van der Waals surface area contributed by atoms with Crippen molar-refractivity contribution >= 4 is 11.9 Å². The maximum absolute atomic E-state index is 12.4. The van der Waals surface area contributed by atoms with Crippen molar-refractivity contribution in [3.8, 4) is 5.75 Å². The Morgan fingerprint density at radius 1 is 1.00 bits per heavy atom. The minimum absolute atomic E-state index is 0.133. The first-order chi connectivity index (χ1) is 13.8. The number of esters is 1. The summed E-state index contributed by atoms with van der Waals surface area (Å²) in [4.78, 5) is 24.4. The molecule has 1 atom stereocenters. The number of amides is 1. The average Bonchev–Trinajstić information content (AvgIpc) is 2.63. The van der Waals surface area contributed by atoms with Gasteiger partial charge in [-0.3, -0.25) is 4.79 Å². The van der Waals surface area contributed by atoms with E-state index in [1.807, 2.05) is 32.0 Å². The molecule has 0 unspecified atom stereocenters. The van der Waals surface area contributed by atoms with Crippen molar-refractivity contribution in [3.05, 3.63) is 29.3 Å². The van der Waals surface area contributed by atoms with E-state index in [9.17, 15) is 9.59 Å². The fourth-order valence-corrected chi connectivity index (χ4v) is 6.49. The van der Waals surface area contributed by atoms with Gasteiger partial charge < -0.3 is 14.8 Å². The van der Waals surface area contributed by atoms with Gasteiger partial charge in [0, 0.05) is 6.04 Å². The van der Waals surface area contributed by atoms with Crippen molar-refractivity contribution < 1.29 is 19.1 Å². The second-order valence-corrected chi connectivity index (χ2v) is 9.84. The summed E-state index contributed by atoms with van der Waals surface area (Å²) in [5.41, 5.74) is 2.40. The van der Waals surface area contributed by atoms with Crippen molar-refractivity contribution in [2.45, 2.75) is 65.3 Å². The highest BCUT2D eigenvalue weighted by molar-refractivity contribution is 5.81. The number of rotatable bonds is 7. The number of aryl methyl sites for hydroxylation is 2. The molecule has 4 bridgehead atoms. The van der Waals surface area contributed by atoms with E-state index in [1.165, 1.54) is 38.5 Å². The van der Waals surface area contributed by atoms with Crippen LogP contribution in [0.5, 0.6) is 5.75 Å². The normalized spacial score (nSPS) is 30.7. The fourth-order valence-electron chi connectivity index (χ4n) is 6.49. The van der Waals surface area contributed by atoms with Crippen molar-refractivity contribution in [2.75, 3.05) is 13.2 Å². The van der Waals surface area contributed by atoms with Crippen LogP contribution in [0.1, 0.15) is 56.6 Å². The Bertz CT molecular complexity index is 732. The van der Waals surface area contributed by atoms with Gasteiger partial charge in [0.1, 0.15) is 5.75 Å². The Hall–Kier alpha value is -2.04. The predicted molar refractivity (Wildman–Crippen MR) is 111 cm³/mol. The van der Waals surface area contributed by atoms with E-state index in [-0.39, 0.29) is 30.6 Å². The van der Waals surface area contributed by atoms with E-state index < -0.39 is 5.97 Å². The number of benzene rings is 1. The molecule has 4 fully saturated rings. The quantitative estimate of drug-likeness (QED) is 0.705. The van der Waals surface area contributed by atoms with Crippen LogP contribution in [0, 0.1) is 37.0 Å². The summed E-state index contributed by atoms with van der Waals surface area (Å²) in [5, 5.41) is 3.12. The highest BCUT2D eigenvalue weighted by Gasteiger charge is 2.53. The molecule has 4 saturated carbocycles. The predicted octanol–water partition coefficient (Wildman–Crippen LogP) is 3.95. The minimum Gasteiger partial charge on any atom is -0.482 e. The highest BCUT2D eigenvalue weighted by Crippen LogP contribution is 2.61. The van der Waals surface area contributed by atoms with Crippen LogP contribution in [-0.4, -0.2) is 31.1 Å². The molecule has 4 aliphatic rings. The lowest BCUT2D eigenvalue weighted by molar-refractivity contribution is -0.151. The van der Waals surface area contributed by atoms with Crippen LogP contribution in [0.4, 0.5) is 0 Å². The summed E-state index contributed by atoms with van der Waals surface area (Å²) in [7, 11) is 0. The van der Waals surface area contributed by atoms with E-state index in [1.54, 1.807) is 0 Å². The molecule has 4 aliphatic carbocycles. The molecule has 1 amide bonds. The van der Waals surface area contributed by atoms with Gasteiger partial charge in [-0.1, -0.05) is 6.07 Å². The van der Waals surface area contributed by atoms with Crippen LogP contribution in [0.15, 0.2) is 18.2 Å². The Kier molecular flexibility index (Phi) is 5.58. The first kappa shape index (κ1) is 20.2. The molecule has 5 nitrogen and oxygen atoms in total. The molecule has 0 saturated heterocycles. The van der Waals surface area contributed by atoms with Crippen LogP contribution in [0.25, 0.3) is 0 Å². The van der Waals surface area contributed by atoms with Gasteiger partial charge in [0.05, 0.1) is 0 Å². The maximum Gasteiger partial charge on any atom is 0.344 e. The average molecular weight is 400 g/mol. The third-order valence-corrected chi connectivity index (χ3v) is 7.30. The maximum atomic E-state index is 12.4. The third-order valence-electron chi connectivity index (χ3n) is 7.30. The topological polar surface area (TPSA) is 64.6 Å². The fraction of sp³-hybridized carbons (Fsp3) is 0.667. The summed E-state index contributed by atoms with van der Waals surface area (Å²) in [6.07, 6.45) is 7.88. The van der Waals surface area contributed by atoms with E-state index in [2.05, 4.69) is 12.2 Å². The number of nitrogens with one attached hydrogen (secondary N) is 1. The van der Waals surface area contributed by atoms with Gasteiger partial charge in [-0.05, 0) is 106 Å². The van der Waals surface area contributed by atoms with Gasteiger partial charge in [-0.25, -0.2) is 4.79 Å². The first-order valence-electron chi connectivity index (χ1n) is 11.0. The zero-order chi connectivity index (χ0) is 20.6. The monoisotopic (exact) mass is 399 g/mol. The van der Waals surface area contributed by atoms with E-state index in [0.717, 1.165) is 28.9 Å². The minimum atomic E-state index is -0.526. The largest absolute Gasteiger partial charge is 0.482 e. The lowest BCUT2D eigenvalue weighted by Crippen LogP contribution is -2.56. The highest BCUT2D eigenvalue weighted by atomic mass is 16.6. The van der Waals surface area contributed by atoms with Crippen molar-refractivity contribution in [2.24, 2.45) is 23.2 Å². The molecule has 1 aromatic carbocycles. The molecule has 158 valence electrons. The van der Waals surface area contributed by atoms with Crippen LogP contribution in [-0.2, 0) is 14.3 Å². The smallest absolute Gasteiger partial charge is 0.344 e. The summed E-state index contributed by atoms with van der Waals surface area (Å²) < 4.78 is 10.6. The van der Waals surface area contributed by atoms with Gasteiger partial charge in [-0.2, -0.15) is 0 Å². The standard InChI is InChI=1S/C24H33NO4/c1-15-4-16(2)6-21(5-15)28-14-23(27)29-13-22(26)25-17(3)24-10-18-7-19(11-24)9-20(8-18)12-24/h4-6,17-20H,7-14H2,1-3H3,(H,25,26)/t17-,18?,19?,20?,24?/m1/s1. The molecule has 0 spiro atoms. The molecular weight excluding hydrogens is 366 g/mol. The van der Waals surface area contributed by atoms with E-state index >= 15 is 0 Å². The Morgan fingerprint density at radius 2 is 1.55 bits per heavy atom. The van der Waals surface area contributed by atoms with Crippen molar-refractivity contribution in [1.29, 1.82) is 0 Å². The Balaban J connectivity index is 1.22. The SMILES string of the molecule is Cc1cc(C)cc(OCC(=O)OCC(=O)N[C@H](C)C23CC4CC(CC(C4)C2)C3)c1. The van der Waals surface area contributed by atoms with E-state index in [0.29, 0.717) is 5.75 Å². The number of ether oxygens (including phenoxy) is 2. The second-order valence-electron chi connectivity index (χ2n) is 9.84.